The quantitative estimate of drug-likeness (QED) is 0.641. The smallest absolute Gasteiger partial charge is 0.321 e. The molecule has 0 aromatic heterocycles. The Morgan fingerprint density at radius 3 is 2.47 bits per heavy atom. The molecule has 170 valence electrons. The zero-order valence-electron chi connectivity index (χ0n) is 17.8. The second-order valence-corrected chi connectivity index (χ2v) is 8.45. The van der Waals surface area contributed by atoms with Crippen molar-refractivity contribution in [3.63, 3.8) is 0 Å². The third kappa shape index (κ3) is 5.97. The van der Waals surface area contributed by atoms with Crippen molar-refractivity contribution >= 4 is 17.6 Å². The van der Waals surface area contributed by atoms with Gasteiger partial charge < -0.3 is 25.4 Å². The van der Waals surface area contributed by atoms with Crippen LogP contribution in [0.15, 0.2) is 48.5 Å². The number of amides is 3. The first kappa shape index (κ1) is 22.1. The van der Waals surface area contributed by atoms with Crippen molar-refractivity contribution in [1.82, 2.24) is 10.2 Å². The SMILES string of the molecule is O=C(N[C@H]1CN(C(=O)Nc2ccc(F)cc2)CCC[C@H]1O)c1ccc(OCC2CC2)cc1. The van der Waals surface area contributed by atoms with Crippen LogP contribution >= 0.6 is 0 Å². The second-order valence-electron chi connectivity index (χ2n) is 8.45. The number of urea groups is 1. The van der Waals surface area contributed by atoms with Gasteiger partial charge in [-0.15, -0.1) is 0 Å². The highest BCUT2D eigenvalue weighted by atomic mass is 19.1. The molecular formula is C24H28FN3O4. The minimum atomic E-state index is -0.760. The van der Waals surface area contributed by atoms with Gasteiger partial charge >= 0.3 is 6.03 Å². The molecule has 7 nitrogen and oxygen atoms in total. The van der Waals surface area contributed by atoms with Crippen LogP contribution in [0.5, 0.6) is 5.75 Å². The maximum atomic E-state index is 13.1. The maximum Gasteiger partial charge on any atom is 0.321 e. The number of carbonyl (C=O) groups is 2. The molecule has 1 aliphatic carbocycles. The van der Waals surface area contributed by atoms with Crippen LogP contribution < -0.4 is 15.4 Å². The maximum absolute atomic E-state index is 13.1. The average Bonchev–Trinajstić information content (AvgIpc) is 3.63. The van der Waals surface area contributed by atoms with E-state index in [9.17, 15) is 19.1 Å². The number of nitrogens with zero attached hydrogens (tertiary/aromatic N) is 1. The molecule has 1 saturated heterocycles. The van der Waals surface area contributed by atoms with Gasteiger partial charge in [0.1, 0.15) is 11.6 Å². The lowest BCUT2D eigenvalue weighted by atomic mass is 10.1. The summed E-state index contributed by atoms with van der Waals surface area (Å²) in [6.07, 6.45) is 2.74. The number of hydrogen-bond donors (Lipinski definition) is 3. The van der Waals surface area contributed by atoms with Crippen molar-refractivity contribution in [3.05, 3.63) is 59.9 Å². The molecular weight excluding hydrogens is 413 g/mol. The molecule has 2 atom stereocenters. The number of hydrogen-bond acceptors (Lipinski definition) is 4. The molecule has 8 heteroatoms. The summed E-state index contributed by atoms with van der Waals surface area (Å²) in [5, 5.41) is 16.1. The number of benzene rings is 2. The summed E-state index contributed by atoms with van der Waals surface area (Å²) in [7, 11) is 0. The van der Waals surface area contributed by atoms with Crippen molar-refractivity contribution in [2.45, 2.75) is 37.8 Å². The molecule has 3 N–H and O–H groups in total. The first-order valence-electron chi connectivity index (χ1n) is 11.0. The van der Waals surface area contributed by atoms with Gasteiger partial charge in [0.05, 0.1) is 18.8 Å². The highest BCUT2D eigenvalue weighted by Crippen LogP contribution is 2.29. The van der Waals surface area contributed by atoms with Gasteiger partial charge in [0.25, 0.3) is 5.91 Å². The number of nitrogens with one attached hydrogen (secondary N) is 2. The van der Waals surface area contributed by atoms with Gasteiger partial charge in [-0.05, 0) is 80.1 Å². The van der Waals surface area contributed by atoms with E-state index >= 15 is 0 Å². The molecule has 2 aromatic rings. The monoisotopic (exact) mass is 441 g/mol. The zero-order valence-corrected chi connectivity index (χ0v) is 17.8. The molecule has 32 heavy (non-hydrogen) atoms. The van der Waals surface area contributed by atoms with Gasteiger partial charge in [0, 0.05) is 24.3 Å². The molecule has 4 rings (SSSR count). The third-order valence-corrected chi connectivity index (χ3v) is 5.81. The van der Waals surface area contributed by atoms with Crippen LogP contribution in [-0.2, 0) is 0 Å². The van der Waals surface area contributed by atoms with Crippen LogP contribution in [0.25, 0.3) is 0 Å². The molecule has 1 aliphatic heterocycles. The van der Waals surface area contributed by atoms with Gasteiger partial charge in [0.2, 0.25) is 0 Å². The fourth-order valence-corrected chi connectivity index (χ4v) is 3.66. The fourth-order valence-electron chi connectivity index (χ4n) is 3.66. The normalized spacial score (nSPS) is 20.9. The Kier molecular flexibility index (Phi) is 6.90. The summed E-state index contributed by atoms with van der Waals surface area (Å²) in [5.41, 5.74) is 0.938. The minimum Gasteiger partial charge on any atom is -0.493 e. The summed E-state index contributed by atoms with van der Waals surface area (Å²) >= 11 is 0. The first-order chi connectivity index (χ1) is 15.5. The fraction of sp³-hybridized carbons (Fsp3) is 0.417. The van der Waals surface area contributed by atoms with E-state index in [1.165, 1.54) is 37.1 Å². The van der Waals surface area contributed by atoms with Crippen LogP contribution in [0.3, 0.4) is 0 Å². The van der Waals surface area contributed by atoms with Crippen molar-refractivity contribution < 1.29 is 23.8 Å². The summed E-state index contributed by atoms with van der Waals surface area (Å²) in [6.45, 7) is 1.32. The predicted molar refractivity (Wildman–Crippen MR) is 118 cm³/mol. The van der Waals surface area contributed by atoms with Crippen molar-refractivity contribution in [2.75, 3.05) is 25.0 Å². The molecule has 0 radical (unpaired) electrons. The number of likely N-dealkylation sites (tertiary alicyclic amines) is 1. The molecule has 1 heterocycles. The number of halogens is 1. The molecule has 1 saturated carbocycles. The van der Waals surface area contributed by atoms with E-state index in [1.807, 2.05) is 0 Å². The third-order valence-electron chi connectivity index (χ3n) is 5.81. The van der Waals surface area contributed by atoms with Crippen molar-refractivity contribution in [3.8, 4) is 5.75 Å². The zero-order chi connectivity index (χ0) is 22.5. The molecule has 3 amide bonds. The summed E-state index contributed by atoms with van der Waals surface area (Å²) in [5.74, 6) is 0.680. The van der Waals surface area contributed by atoms with Gasteiger partial charge in [-0.3, -0.25) is 4.79 Å². The number of anilines is 1. The Morgan fingerprint density at radius 2 is 1.78 bits per heavy atom. The van der Waals surface area contributed by atoms with E-state index in [2.05, 4.69) is 10.6 Å². The molecule has 0 unspecified atom stereocenters. The summed E-state index contributed by atoms with van der Waals surface area (Å²) in [6, 6.07) is 11.5. The van der Waals surface area contributed by atoms with E-state index < -0.39 is 12.1 Å². The van der Waals surface area contributed by atoms with Crippen LogP contribution in [0.4, 0.5) is 14.9 Å². The van der Waals surface area contributed by atoms with Crippen molar-refractivity contribution in [1.29, 1.82) is 0 Å². The van der Waals surface area contributed by atoms with Crippen LogP contribution in [0.1, 0.15) is 36.0 Å². The van der Waals surface area contributed by atoms with E-state index in [0.717, 1.165) is 5.75 Å². The highest BCUT2D eigenvalue weighted by Gasteiger charge is 2.29. The molecule has 0 bridgehead atoms. The average molecular weight is 442 g/mol. The highest BCUT2D eigenvalue weighted by molar-refractivity contribution is 5.94. The summed E-state index contributed by atoms with van der Waals surface area (Å²) in [4.78, 5) is 27.0. The Bertz CT molecular complexity index is 931. The number of aliphatic hydroxyl groups excluding tert-OH is 1. The van der Waals surface area contributed by atoms with Crippen molar-refractivity contribution in [2.24, 2.45) is 5.92 Å². The topological polar surface area (TPSA) is 90.9 Å². The van der Waals surface area contributed by atoms with Crippen LogP contribution in [0.2, 0.25) is 0 Å². The van der Waals surface area contributed by atoms with Gasteiger partial charge in [-0.1, -0.05) is 0 Å². The molecule has 2 fully saturated rings. The lowest BCUT2D eigenvalue weighted by molar-refractivity contribution is 0.0811. The Hall–Kier alpha value is -3.13. The van der Waals surface area contributed by atoms with Crippen LogP contribution in [0, 0.1) is 11.7 Å². The van der Waals surface area contributed by atoms with Gasteiger partial charge in [-0.2, -0.15) is 0 Å². The Morgan fingerprint density at radius 1 is 1.06 bits per heavy atom. The molecule has 2 aromatic carbocycles. The van der Waals surface area contributed by atoms with Gasteiger partial charge in [0.15, 0.2) is 0 Å². The minimum absolute atomic E-state index is 0.169. The van der Waals surface area contributed by atoms with E-state index in [0.29, 0.717) is 43.2 Å². The lowest BCUT2D eigenvalue weighted by Crippen LogP contribution is -2.50. The van der Waals surface area contributed by atoms with Gasteiger partial charge in [-0.25, -0.2) is 9.18 Å². The summed E-state index contributed by atoms with van der Waals surface area (Å²) < 4.78 is 18.8. The largest absolute Gasteiger partial charge is 0.493 e. The molecule has 0 spiro atoms. The second kappa shape index (κ2) is 9.99. The van der Waals surface area contributed by atoms with E-state index in [-0.39, 0.29) is 24.3 Å². The molecule has 2 aliphatic rings. The Balaban J connectivity index is 1.34. The van der Waals surface area contributed by atoms with E-state index in [1.54, 1.807) is 29.2 Å². The first-order valence-corrected chi connectivity index (χ1v) is 11.0. The number of ether oxygens (including phenoxy) is 1. The number of carbonyl (C=O) groups excluding carboxylic acids is 2. The van der Waals surface area contributed by atoms with E-state index in [4.69, 9.17) is 4.74 Å². The standard InChI is InChI=1S/C24H28FN3O4/c25-18-7-9-19(10-8-18)26-24(31)28-13-1-2-22(29)21(14-28)27-23(30)17-5-11-20(12-6-17)32-15-16-3-4-16/h5-12,16,21-22,29H,1-4,13-15H2,(H,26,31)(H,27,30)/t21-,22+/m0/s1. The Labute approximate surface area is 186 Å². The predicted octanol–water partition coefficient (Wildman–Crippen LogP) is 3.40. The number of rotatable bonds is 6. The van der Waals surface area contributed by atoms with Crippen LogP contribution in [-0.4, -0.2) is 53.8 Å². The lowest BCUT2D eigenvalue weighted by Gasteiger charge is -2.27. The number of aliphatic hydroxyl groups is 1.